The van der Waals surface area contributed by atoms with Crippen molar-refractivity contribution in [2.24, 2.45) is 0 Å². The quantitative estimate of drug-likeness (QED) is 0.793. The maximum Gasteiger partial charge on any atom is 0.390 e. The summed E-state index contributed by atoms with van der Waals surface area (Å²) in [6, 6.07) is 0.289. The Hall–Kier alpha value is 0.100. The first-order valence-corrected chi connectivity index (χ1v) is 6.49. The van der Waals surface area contributed by atoms with Crippen LogP contribution in [0.4, 0.5) is 13.2 Å². The van der Waals surface area contributed by atoms with E-state index < -0.39 is 12.6 Å². The van der Waals surface area contributed by atoms with Crippen molar-refractivity contribution in [3.05, 3.63) is 0 Å². The molecule has 0 saturated heterocycles. The number of nitrogens with one attached hydrogen (secondary N) is 1. The van der Waals surface area contributed by atoms with Gasteiger partial charge in [0.05, 0.1) is 6.42 Å². The van der Waals surface area contributed by atoms with Crippen molar-refractivity contribution in [1.29, 1.82) is 0 Å². The van der Waals surface area contributed by atoms with Gasteiger partial charge in [0, 0.05) is 17.8 Å². The normalized spacial score (nSPS) is 27.2. The van der Waals surface area contributed by atoms with E-state index >= 15 is 0 Å². The second-order valence-electron chi connectivity index (χ2n) is 3.85. The van der Waals surface area contributed by atoms with Crippen LogP contribution in [0.1, 0.15) is 32.6 Å². The van der Waals surface area contributed by atoms with Crippen LogP contribution >= 0.6 is 11.8 Å². The predicted octanol–water partition coefficient (Wildman–Crippen LogP) is 3.20. The maximum atomic E-state index is 11.9. The molecular formula is C10H18F3NS. The Bertz CT molecular complexity index is 184. The van der Waals surface area contributed by atoms with Crippen molar-refractivity contribution in [1.82, 2.24) is 5.32 Å². The van der Waals surface area contributed by atoms with Gasteiger partial charge in [-0.15, -0.1) is 0 Å². The fourth-order valence-electron chi connectivity index (χ4n) is 1.97. The molecule has 0 amide bonds. The van der Waals surface area contributed by atoms with Crippen LogP contribution in [0.5, 0.6) is 0 Å². The fourth-order valence-corrected chi connectivity index (χ4v) is 3.20. The summed E-state index contributed by atoms with van der Waals surface area (Å²) >= 11 is 1.86. The van der Waals surface area contributed by atoms with Crippen LogP contribution in [0.25, 0.3) is 0 Å². The summed E-state index contributed by atoms with van der Waals surface area (Å²) in [6.07, 6.45) is -1.44. The largest absolute Gasteiger partial charge is 0.390 e. The first-order valence-electron chi connectivity index (χ1n) is 5.44. The highest BCUT2D eigenvalue weighted by Crippen LogP contribution is 2.30. The zero-order valence-corrected chi connectivity index (χ0v) is 9.76. The lowest BCUT2D eigenvalue weighted by Crippen LogP contribution is -2.36. The molecule has 90 valence electrons. The molecule has 1 aliphatic rings. The number of alkyl halides is 3. The zero-order chi connectivity index (χ0) is 11.3. The molecular weight excluding hydrogens is 223 g/mol. The van der Waals surface area contributed by atoms with E-state index in [0.29, 0.717) is 5.25 Å². The van der Waals surface area contributed by atoms with Crippen LogP contribution in [0.15, 0.2) is 0 Å². The average molecular weight is 241 g/mol. The van der Waals surface area contributed by atoms with Crippen LogP contribution in [-0.4, -0.2) is 29.8 Å². The summed E-state index contributed by atoms with van der Waals surface area (Å²) in [5, 5.41) is 3.55. The van der Waals surface area contributed by atoms with Gasteiger partial charge in [-0.2, -0.15) is 24.9 Å². The summed E-state index contributed by atoms with van der Waals surface area (Å²) in [5.74, 6) is 1.04. The summed E-state index contributed by atoms with van der Waals surface area (Å²) in [5.41, 5.74) is 0. The molecule has 0 radical (unpaired) electrons. The lowest BCUT2D eigenvalue weighted by atomic mass is 10.2. The van der Waals surface area contributed by atoms with E-state index in [-0.39, 0.29) is 12.6 Å². The van der Waals surface area contributed by atoms with E-state index in [1.54, 1.807) is 0 Å². The van der Waals surface area contributed by atoms with Gasteiger partial charge in [-0.3, -0.25) is 0 Å². The number of halogens is 3. The van der Waals surface area contributed by atoms with Gasteiger partial charge in [0.1, 0.15) is 0 Å². The van der Waals surface area contributed by atoms with E-state index in [1.807, 2.05) is 11.8 Å². The van der Waals surface area contributed by atoms with Crippen molar-refractivity contribution in [3.8, 4) is 0 Å². The van der Waals surface area contributed by atoms with E-state index in [9.17, 15) is 13.2 Å². The Morgan fingerprint density at radius 1 is 1.33 bits per heavy atom. The fraction of sp³-hybridized carbons (Fsp3) is 1.00. The molecule has 1 nitrogen and oxygen atoms in total. The molecule has 0 heterocycles. The van der Waals surface area contributed by atoms with Gasteiger partial charge in [-0.25, -0.2) is 0 Å². The molecule has 15 heavy (non-hydrogen) atoms. The summed E-state index contributed by atoms with van der Waals surface area (Å²) in [4.78, 5) is 0. The molecule has 1 saturated carbocycles. The average Bonchev–Trinajstić information content (AvgIpc) is 2.51. The minimum absolute atomic E-state index is 0.0644. The van der Waals surface area contributed by atoms with Crippen LogP contribution in [0.3, 0.4) is 0 Å². The number of thioether (sulfide) groups is 1. The Kier molecular flexibility index (Phi) is 5.26. The molecule has 0 aromatic rings. The number of rotatable bonds is 5. The van der Waals surface area contributed by atoms with Crippen molar-refractivity contribution >= 4 is 11.8 Å². The number of hydrogen-bond donors (Lipinski definition) is 1. The van der Waals surface area contributed by atoms with Crippen molar-refractivity contribution in [2.75, 3.05) is 12.3 Å². The van der Waals surface area contributed by atoms with Crippen LogP contribution in [0, 0.1) is 0 Å². The van der Waals surface area contributed by atoms with Crippen molar-refractivity contribution in [3.63, 3.8) is 0 Å². The molecule has 2 unspecified atom stereocenters. The Morgan fingerprint density at radius 3 is 2.67 bits per heavy atom. The highest BCUT2D eigenvalue weighted by molar-refractivity contribution is 7.99. The second kappa shape index (κ2) is 5.99. The van der Waals surface area contributed by atoms with Crippen LogP contribution < -0.4 is 5.32 Å². The molecule has 0 aromatic carbocycles. The Balaban J connectivity index is 2.20. The Morgan fingerprint density at radius 2 is 2.07 bits per heavy atom. The Labute approximate surface area is 93.2 Å². The van der Waals surface area contributed by atoms with Gasteiger partial charge in [0.15, 0.2) is 0 Å². The zero-order valence-electron chi connectivity index (χ0n) is 8.94. The van der Waals surface area contributed by atoms with Gasteiger partial charge in [-0.05, 0) is 18.6 Å². The summed E-state index contributed by atoms with van der Waals surface area (Å²) < 4.78 is 35.8. The lowest BCUT2D eigenvalue weighted by Gasteiger charge is -2.20. The second-order valence-corrected chi connectivity index (χ2v) is 5.37. The minimum Gasteiger partial charge on any atom is -0.313 e. The standard InChI is InChI=1S/C10H18F3NS/c1-2-15-9-5-3-4-8(9)14-7-6-10(11,12)13/h8-9,14H,2-7H2,1H3. The van der Waals surface area contributed by atoms with Gasteiger partial charge >= 0.3 is 6.18 Å². The predicted molar refractivity (Wildman–Crippen MR) is 58.2 cm³/mol. The smallest absolute Gasteiger partial charge is 0.313 e. The molecule has 0 bridgehead atoms. The molecule has 1 aliphatic carbocycles. The van der Waals surface area contributed by atoms with Gasteiger partial charge < -0.3 is 5.32 Å². The van der Waals surface area contributed by atoms with E-state index in [4.69, 9.17) is 0 Å². The third-order valence-corrected chi connectivity index (χ3v) is 3.97. The van der Waals surface area contributed by atoms with Crippen LogP contribution in [-0.2, 0) is 0 Å². The SMILES string of the molecule is CCSC1CCCC1NCCC(F)(F)F. The monoisotopic (exact) mass is 241 g/mol. The molecule has 0 spiro atoms. The van der Waals surface area contributed by atoms with Gasteiger partial charge in [0.2, 0.25) is 0 Å². The van der Waals surface area contributed by atoms with E-state index in [0.717, 1.165) is 25.0 Å². The summed E-state index contributed by atoms with van der Waals surface area (Å²) in [6.45, 7) is 2.16. The first kappa shape index (κ1) is 13.2. The van der Waals surface area contributed by atoms with Gasteiger partial charge in [0.25, 0.3) is 0 Å². The van der Waals surface area contributed by atoms with E-state index in [2.05, 4.69) is 12.2 Å². The molecule has 2 atom stereocenters. The molecule has 0 aromatic heterocycles. The van der Waals surface area contributed by atoms with Crippen LogP contribution in [0.2, 0.25) is 0 Å². The lowest BCUT2D eigenvalue weighted by molar-refractivity contribution is -0.133. The first-order chi connectivity index (χ1) is 7.03. The highest BCUT2D eigenvalue weighted by atomic mass is 32.2. The molecule has 1 rings (SSSR count). The molecule has 1 fully saturated rings. The third kappa shape index (κ3) is 5.11. The molecule has 0 aliphatic heterocycles. The molecule has 5 heteroatoms. The molecule has 1 N–H and O–H groups in total. The van der Waals surface area contributed by atoms with E-state index in [1.165, 1.54) is 0 Å². The topological polar surface area (TPSA) is 12.0 Å². The number of hydrogen-bond acceptors (Lipinski definition) is 2. The van der Waals surface area contributed by atoms with Crippen molar-refractivity contribution < 1.29 is 13.2 Å². The third-order valence-electron chi connectivity index (χ3n) is 2.65. The highest BCUT2D eigenvalue weighted by Gasteiger charge is 2.30. The van der Waals surface area contributed by atoms with Gasteiger partial charge in [-0.1, -0.05) is 13.3 Å². The maximum absolute atomic E-state index is 11.9. The summed E-state index contributed by atoms with van der Waals surface area (Å²) in [7, 11) is 0. The minimum atomic E-state index is -4.03. The van der Waals surface area contributed by atoms with Crippen molar-refractivity contribution in [2.45, 2.75) is 50.1 Å².